The zero-order chi connectivity index (χ0) is 14.0. The zero-order valence-electron chi connectivity index (χ0n) is 10.1. The number of hydrogen-bond acceptors (Lipinski definition) is 2. The summed E-state index contributed by atoms with van der Waals surface area (Å²) in [7, 11) is 0. The maximum Gasteiger partial charge on any atom is 0.256 e. The maximum atomic E-state index is 13.2. The number of hydrogen-bond donors (Lipinski definition) is 2. The van der Waals surface area contributed by atoms with Crippen LogP contribution in [0.1, 0.15) is 15.9 Å². The lowest BCUT2D eigenvalue weighted by atomic mass is 10.1. The van der Waals surface area contributed by atoms with Crippen LogP contribution >= 0.6 is 15.9 Å². The molecular weight excluding hydrogens is 313 g/mol. The summed E-state index contributed by atoms with van der Waals surface area (Å²) in [6.45, 7) is 1.88. The summed E-state index contributed by atoms with van der Waals surface area (Å²) in [5, 5.41) is 11.7. The number of anilines is 1. The van der Waals surface area contributed by atoms with Crippen LogP contribution in [0.15, 0.2) is 40.9 Å². The number of aryl methyl sites for hydroxylation is 1. The maximum absolute atomic E-state index is 13.2. The van der Waals surface area contributed by atoms with Gasteiger partial charge in [0.2, 0.25) is 0 Å². The van der Waals surface area contributed by atoms with Crippen molar-refractivity contribution in [3.8, 4) is 5.75 Å². The van der Waals surface area contributed by atoms with Crippen LogP contribution in [0.4, 0.5) is 10.1 Å². The third-order valence-corrected chi connectivity index (χ3v) is 3.26. The van der Waals surface area contributed by atoms with E-state index in [0.717, 1.165) is 11.6 Å². The van der Waals surface area contributed by atoms with E-state index in [9.17, 15) is 9.18 Å². The van der Waals surface area contributed by atoms with Gasteiger partial charge in [-0.15, -0.1) is 0 Å². The number of benzene rings is 2. The molecule has 2 aromatic rings. The van der Waals surface area contributed by atoms with E-state index in [1.54, 1.807) is 12.1 Å². The molecule has 0 unspecified atom stereocenters. The molecule has 2 aromatic carbocycles. The van der Waals surface area contributed by atoms with Crippen LogP contribution in [-0.2, 0) is 0 Å². The Kier molecular flexibility index (Phi) is 3.85. The SMILES string of the molecule is Cc1ccc(Br)c(C(=O)Nc2ccc(O)c(F)c2)c1. The lowest BCUT2D eigenvalue weighted by Gasteiger charge is -2.08. The fourth-order valence-electron chi connectivity index (χ4n) is 1.60. The van der Waals surface area contributed by atoms with Crippen LogP contribution in [0.2, 0.25) is 0 Å². The minimum absolute atomic E-state index is 0.286. The van der Waals surface area contributed by atoms with Crippen LogP contribution < -0.4 is 5.32 Å². The first-order chi connectivity index (χ1) is 8.97. The molecule has 0 aromatic heterocycles. The predicted octanol–water partition coefficient (Wildman–Crippen LogP) is 3.85. The largest absolute Gasteiger partial charge is 0.505 e. The van der Waals surface area contributed by atoms with Gasteiger partial charge in [0.1, 0.15) is 0 Å². The van der Waals surface area contributed by atoms with Crippen molar-refractivity contribution in [3.05, 3.63) is 57.8 Å². The standard InChI is InChI=1S/C14H11BrFNO2/c1-8-2-4-11(15)10(6-8)14(19)17-9-3-5-13(18)12(16)7-9/h2-7,18H,1H3,(H,17,19). The highest BCUT2D eigenvalue weighted by molar-refractivity contribution is 9.10. The highest BCUT2D eigenvalue weighted by atomic mass is 79.9. The smallest absolute Gasteiger partial charge is 0.256 e. The van der Waals surface area contributed by atoms with Crippen molar-refractivity contribution < 1.29 is 14.3 Å². The second kappa shape index (κ2) is 5.40. The molecule has 0 aliphatic heterocycles. The molecule has 2 rings (SSSR count). The second-order valence-corrected chi connectivity index (χ2v) is 4.96. The van der Waals surface area contributed by atoms with Gasteiger partial charge in [-0.25, -0.2) is 4.39 Å². The number of carbonyl (C=O) groups excluding carboxylic acids is 1. The molecule has 0 aliphatic carbocycles. The van der Waals surface area contributed by atoms with Crippen molar-refractivity contribution in [2.24, 2.45) is 0 Å². The summed E-state index contributed by atoms with van der Waals surface area (Å²) >= 11 is 3.30. The highest BCUT2D eigenvalue weighted by Gasteiger charge is 2.11. The second-order valence-electron chi connectivity index (χ2n) is 4.10. The first kappa shape index (κ1) is 13.5. The van der Waals surface area contributed by atoms with Crippen LogP contribution in [0.25, 0.3) is 0 Å². The van der Waals surface area contributed by atoms with Crippen LogP contribution in [-0.4, -0.2) is 11.0 Å². The monoisotopic (exact) mass is 323 g/mol. The molecule has 1 amide bonds. The van der Waals surface area contributed by atoms with Crippen molar-refractivity contribution in [3.63, 3.8) is 0 Å². The molecule has 5 heteroatoms. The van der Waals surface area contributed by atoms with Gasteiger partial charge in [0.05, 0.1) is 5.56 Å². The third kappa shape index (κ3) is 3.12. The third-order valence-electron chi connectivity index (χ3n) is 2.57. The number of halogens is 2. The van der Waals surface area contributed by atoms with Gasteiger partial charge in [0.15, 0.2) is 11.6 Å². The van der Waals surface area contributed by atoms with Gasteiger partial charge in [-0.2, -0.15) is 0 Å². The van der Waals surface area contributed by atoms with Gasteiger partial charge in [0, 0.05) is 16.2 Å². The highest BCUT2D eigenvalue weighted by Crippen LogP contribution is 2.22. The quantitative estimate of drug-likeness (QED) is 0.824. The van der Waals surface area contributed by atoms with Gasteiger partial charge in [-0.1, -0.05) is 11.6 Å². The molecule has 0 atom stereocenters. The van der Waals surface area contributed by atoms with Crippen LogP contribution in [0.5, 0.6) is 5.75 Å². The van der Waals surface area contributed by atoms with Gasteiger partial charge in [-0.3, -0.25) is 4.79 Å². The summed E-state index contributed by atoms with van der Waals surface area (Å²) in [5.74, 6) is -1.57. The number of carbonyl (C=O) groups is 1. The Labute approximate surface area is 118 Å². The average molecular weight is 324 g/mol. The van der Waals surface area contributed by atoms with Crippen LogP contribution in [0.3, 0.4) is 0 Å². The van der Waals surface area contributed by atoms with Gasteiger partial charge in [0.25, 0.3) is 5.91 Å². The molecule has 0 spiro atoms. The molecule has 2 N–H and O–H groups in total. The first-order valence-electron chi connectivity index (χ1n) is 5.53. The van der Waals surface area contributed by atoms with Crippen molar-refractivity contribution in [2.45, 2.75) is 6.92 Å². The van der Waals surface area contributed by atoms with E-state index in [1.807, 2.05) is 13.0 Å². The average Bonchev–Trinajstić information content (AvgIpc) is 2.36. The lowest BCUT2D eigenvalue weighted by Crippen LogP contribution is -2.12. The van der Waals surface area contributed by atoms with Gasteiger partial charge < -0.3 is 10.4 Å². The predicted molar refractivity (Wildman–Crippen MR) is 74.9 cm³/mol. The van der Waals surface area contributed by atoms with E-state index in [2.05, 4.69) is 21.2 Å². The van der Waals surface area contributed by atoms with Crippen molar-refractivity contribution in [2.75, 3.05) is 5.32 Å². The van der Waals surface area contributed by atoms with Crippen molar-refractivity contribution in [1.29, 1.82) is 0 Å². The number of aromatic hydroxyl groups is 1. The Morgan fingerprint density at radius 2 is 2.00 bits per heavy atom. The molecule has 19 heavy (non-hydrogen) atoms. The Morgan fingerprint density at radius 3 is 2.68 bits per heavy atom. The summed E-state index contributed by atoms with van der Waals surface area (Å²) in [6, 6.07) is 9.08. The van der Waals surface area contributed by atoms with Gasteiger partial charge >= 0.3 is 0 Å². The van der Waals surface area contributed by atoms with E-state index >= 15 is 0 Å². The Morgan fingerprint density at radius 1 is 1.26 bits per heavy atom. The Hall–Kier alpha value is -1.88. The summed E-state index contributed by atoms with van der Waals surface area (Å²) < 4.78 is 13.8. The molecule has 0 bridgehead atoms. The molecule has 98 valence electrons. The molecule has 0 saturated carbocycles. The van der Waals surface area contributed by atoms with E-state index < -0.39 is 11.6 Å². The molecule has 0 aliphatic rings. The minimum Gasteiger partial charge on any atom is -0.505 e. The van der Waals surface area contributed by atoms with E-state index in [1.165, 1.54) is 12.1 Å². The number of rotatable bonds is 2. The van der Waals surface area contributed by atoms with Crippen molar-refractivity contribution in [1.82, 2.24) is 0 Å². The zero-order valence-corrected chi connectivity index (χ0v) is 11.7. The van der Waals surface area contributed by atoms with Gasteiger partial charge in [-0.05, 0) is 47.1 Å². The van der Waals surface area contributed by atoms with Crippen LogP contribution in [0, 0.1) is 12.7 Å². The lowest BCUT2D eigenvalue weighted by molar-refractivity contribution is 0.102. The minimum atomic E-state index is -0.777. The molecule has 0 heterocycles. The fourth-order valence-corrected chi connectivity index (χ4v) is 2.02. The first-order valence-corrected chi connectivity index (χ1v) is 6.32. The fraction of sp³-hybridized carbons (Fsp3) is 0.0714. The Bertz CT molecular complexity index is 643. The van der Waals surface area contributed by atoms with E-state index in [-0.39, 0.29) is 11.6 Å². The number of phenolic OH excluding ortho intramolecular Hbond substituents is 1. The summed E-state index contributed by atoms with van der Waals surface area (Å²) in [4.78, 5) is 12.1. The summed E-state index contributed by atoms with van der Waals surface area (Å²) in [5.41, 5.74) is 1.70. The molecule has 0 fully saturated rings. The molecular formula is C14H11BrFNO2. The topological polar surface area (TPSA) is 49.3 Å². The van der Waals surface area contributed by atoms with Crippen molar-refractivity contribution >= 4 is 27.5 Å². The normalized spacial score (nSPS) is 10.3. The molecule has 0 radical (unpaired) electrons. The number of amides is 1. The number of phenols is 1. The summed E-state index contributed by atoms with van der Waals surface area (Å²) in [6.07, 6.45) is 0. The molecule has 0 saturated heterocycles. The number of nitrogens with one attached hydrogen (secondary N) is 1. The van der Waals surface area contributed by atoms with E-state index in [0.29, 0.717) is 10.0 Å². The van der Waals surface area contributed by atoms with E-state index in [4.69, 9.17) is 5.11 Å². The molecule has 3 nitrogen and oxygen atoms in total. The Balaban J connectivity index is 2.25.